The van der Waals surface area contributed by atoms with E-state index < -0.39 is 23.6 Å². The summed E-state index contributed by atoms with van der Waals surface area (Å²) in [5.74, 6) is -1.71. The summed E-state index contributed by atoms with van der Waals surface area (Å²) in [5, 5.41) is 11.6. The van der Waals surface area contributed by atoms with Crippen LogP contribution in [0.5, 0.6) is 0 Å². The predicted octanol–water partition coefficient (Wildman–Crippen LogP) is 5.98. The van der Waals surface area contributed by atoms with Crippen molar-refractivity contribution < 1.29 is 27.9 Å². The van der Waals surface area contributed by atoms with Gasteiger partial charge in [0.05, 0.1) is 16.1 Å². The molecule has 148 valence electrons. The SMILES string of the molecule is O=C(O)c1ccc(NC(=O)c2ccccc2-c2ccc(C(F)(F)F)cc2)cc1Cl. The Kier molecular flexibility index (Phi) is 5.61. The molecule has 1 amide bonds. The fourth-order valence-corrected chi connectivity index (χ4v) is 3.00. The molecule has 0 saturated heterocycles. The average Bonchev–Trinajstić information content (AvgIpc) is 2.67. The van der Waals surface area contributed by atoms with Gasteiger partial charge in [-0.3, -0.25) is 4.79 Å². The number of aromatic carboxylic acids is 1. The van der Waals surface area contributed by atoms with Gasteiger partial charge >= 0.3 is 12.1 Å². The highest BCUT2D eigenvalue weighted by Gasteiger charge is 2.30. The van der Waals surface area contributed by atoms with Gasteiger partial charge in [0, 0.05) is 11.3 Å². The summed E-state index contributed by atoms with van der Waals surface area (Å²) in [7, 11) is 0. The van der Waals surface area contributed by atoms with Crippen LogP contribution in [0, 0.1) is 0 Å². The zero-order valence-electron chi connectivity index (χ0n) is 14.6. The number of carboxylic acids is 1. The Hall–Kier alpha value is -3.32. The molecule has 8 heteroatoms. The molecule has 0 unspecified atom stereocenters. The lowest BCUT2D eigenvalue weighted by molar-refractivity contribution is -0.137. The molecular weight excluding hydrogens is 407 g/mol. The number of hydrogen-bond acceptors (Lipinski definition) is 2. The third-order valence-corrected chi connectivity index (χ3v) is 4.46. The van der Waals surface area contributed by atoms with Gasteiger partial charge in [-0.25, -0.2) is 4.79 Å². The largest absolute Gasteiger partial charge is 0.478 e. The number of halogens is 4. The molecule has 3 aromatic rings. The topological polar surface area (TPSA) is 66.4 Å². The lowest BCUT2D eigenvalue weighted by atomic mass is 9.98. The maximum atomic E-state index is 12.8. The van der Waals surface area contributed by atoms with E-state index in [4.69, 9.17) is 16.7 Å². The highest BCUT2D eigenvalue weighted by molar-refractivity contribution is 6.33. The van der Waals surface area contributed by atoms with Crippen molar-refractivity contribution in [2.45, 2.75) is 6.18 Å². The van der Waals surface area contributed by atoms with Crippen LogP contribution in [-0.2, 0) is 6.18 Å². The molecule has 29 heavy (non-hydrogen) atoms. The van der Waals surface area contributed by atoms with Crippen molar-refractivity contribution in [1.29, 1.82) is 0 Å². The predicted molar refractivity (Wildman–Crippen MR) is 103 cm³/mol. The van der Waals surface area contributed by atoms with E-state index in [1.54, 1.807) is 18.2 Å². The molecular formula is C21H13ClF3NO3. The standard InChI is InChI=1S/C21H13ClF3NO3/c22-18-11-14(9-10-17(18)20(28)29)26-19(27)16-4-2-1-3-15(16)12-5-7-13(8-6-12)21(23,24)25/h1-11H,(H,26,27)(H,28,29). The van der Waals surface area contributed by atoms with Gasteiger partial charge in [0.2, 0.25) is 0 Å². The van der Waals surface area contributed by atoms with Crippen molar-refractivity contribution in [2.75, 3.05) is 5.32 Å². The van der Waals surface area contributed by atoms with E-state index in [2.05, 4.69) is 5.32 Å². The number of amides is 1. The first kappa shape index (κ1) is 20.4. The van der Waals surface area contributed by atoms with E-state index in [0.29, 0.717) is 11.1 Å². The summed E-state index contributed by atoms with van der Waals surface area (Å²) in [6.45, 7) is 0. The van der Waals surface area contributed by atoms with Crippen molar-refractivity contribution in [2.24, 2.45) is 0 Å². The molecule has 0 atom stereocenters. The van der Waals surface area contributed by atoms with Crippen LogP contribution in [0.1, 0.15) is 26.3 Å². The second-order valence-electron chi connectivity index (χ2n) is 6.07. The van der Waals surface area contributed by atoms with E-state index in [1.807, 2.05) is 0 Å². The van der Waals surface area contributed by atoms with Crippen molar-refractivity contribution >= 4 is 29.2 Å². The minimum atomic E-state index is -4.45. The molecule has 0 aromatic heterocycles. The number of hydrogen-bond donors (Lipinski definition) is 2. The minimum Gasteiger partial charge on any atom is -0.478 e. The molecule has 0 bridgehead atoms. The van der Waals surface area contributed by atoms with Crippen LogP contribution in [-0.4, -0.2) is 17.0 Å². The Morgan fingerprint density at radius 3 is 2.14 bits per heavy atom. The van der Waals surface area contributed by atoms with E-state index in [0.717, 1.165) is 12.1 Å². The van der Waals surface area contributed by atoms with E-state index in [9.17, 15) is 22.8 Å². The normalized spacial score (nSPS) is 11.2. The summed E-state index contributed by atoms with van der Waals surface area (Å²) in [5.41, 5.74) is 0.541. The number of carboxylic acid groups (broad SMARTS) is 1. The highest BCUT2D eigenvalue weighted by Crippen LogP contribution is 2.32. The van der Waals surface area contributed by atoms with Crippen LogP contribution >= 0.6 is 11.6 Å². The monoisotopic (exact) mass is 419 g/mol. The second-order valence-corrected chi connectivity index (χ2v) is 6.48. The smallest absolute Gasteiger partial charge is 0.416 e. The van der Waals surface area contributed by atoms with Gasteiger partial charge in [-0.1, -0.05) is 41.9 Å². The Labute approximate surface area is 168 Å². The zero-order valence-corrected chi connectivity index (χ0v) is 15.4. The van der Waals surface area contributed by atoms with Crippen LogP contribution in [0.25, 0.3) is 11.1 Å². The van der Waals surface area contributed by atoms with Gasteiger partial charge in [0.15, 0.2) is 0 Å². The number of carbonyl (C=O) groups excluding carboxylic acids is 1. The van der Waals surface area contributed by atoms with Gasteiger partial charge in [0.25, 0.3) is 5.91 Å². The van der Waals surface area contributed by atoms with E-state index in [1.165, 1.54) is 36.4 Å². The molecule has 0 aliphatic carbocycles. The quantitative estimate of drug-likeness (QED) is 0.547. The summed E-state index contributed by atoms with van der Waals surface area (Å²) < 4.78 is 38.3. The first-order chi connectivity index (χ1) is 13.7. The number of rotatable bonds is 4. The zero-order chi connectivity index (χ0) is 21.2. The van der Waals surface area contributed by atoms with Gasteiger partial charge in [-0.05, 0) is 47.5 Å². The maximum Gasteiger partial charge on any atom is 0.416 e. The van der Waals surface area contributed by atoms with Crippen LogP contribution in [0.4, 0.5) is 18.9 Å². The molecule has 0 aliphatic rings. The average molecular weight is 420 g/mol. The fourth-order valence-electron chi connectivity index (χ4n) is 2.74. The molecule has 3 aromatic carbocycles. The number of nitrogens with one attached hydrogen (secondary N) is 1. The highest BCUT2D eigenvalue weighted by atomic mass is 35.5. The molecule has 0 spiro atoms. The molecule has 0 saturated carbocycles. The minimum absolute atomic E-state index is 0.0358. The third-order valence-electron chi connectivity index (χ3n) is 4.15. The number of carbonyl (C=O) groups is 2. The first-order valence-corrected chi connectivity index (χ1v) is 8.65. The summed E-state index contributed by atoms with van der Waals surface area (Å²) in [4.78, 5) is 23.7. The molecule has 0 fully saturated rings. The molecule has 0 radical (unpaired) electrons. The van der Waals surface area contributed by atoms with Gasteiger partial charge in [-0.15, -0.1) is 0 Å². The number of anilines is 1. The van der Waals surface area contributed by atoms with Crippen molar-refractivity contribution in [1.82, 2.24) is 0 Å². The Morgan fingerprint density at radius 1 is 0.897 bits per heavy atom. The van der Waals surface area contributed by atoms with Crippen LogP contribution in [0.15, 0.2) is 66.7 Å². The lowest BCUT2D eigenvalue weighted by Crippen LogP contribution is -2.13. The molecule has 4 nitrogen and oxygen atoms in total. The van der Waals surface area contributed by atoms with Crippen molar-refractivity contribution in [3.8, 4) is 11.1 Å². The summed E-state index contributed by atoms with van der Waals surface area (Å²) in [6, 6.07) is 14.9. The van der Waals surface area contributed by atoms with Crippen LogP contribution in [0.3, 0.4) is 0 Å². The van der Waals surface area contributed by atoms with Gasteiger partial charge in [0.1, 0.15) is 0 Å². The first-order valence-electron chi connectivity index (χ1n) is 8.27. The van der Waals surface area contributed by atoms with Crippen molar-refractivity contribution in [3.63, 3.8) is 0 Å². The van der Waals surface area contributed by atoms with Gasteiger partial charge < -0.3 is 10.4 Å². The van der Waals surface area contributed by atoms with E-state index in [-0.39, 0.29) is 21.8 Å². The van der Waals surface area contributed by atoms with Gasteiger partial charge in [-0.2, -0.15) is 13.2 Å². The van der Waals surface area contributed by atoms with Crippen LogP contribution in [0.2, 0.25) is 5.02 Å². The molecule has 0 aliphatic heterocycles. The summed E-state index contributed by atoms with van der Waals surface area (Å²) >= 11 is 5.91. The van der Waals surface area contributed by atoms with Crippen LogP contribution < -0.4 is 5.32 Å². The molecule has 2 N–H and O–H groups in total. The molecule has 3 rings (SSSR count). The fraction of sp³-hybridized carbons (Fsp3) is 0.0476. The number of benzene rings is 3. The van der Waals surface area contributed by atoms with E-state index >= 15 is 0 Å². The molecule has 0 heterocycles. The Morgan fingerprint density at radius 2 is 1.55 bits per heavy atom. The Balaban J connectivity index is 1.90. The third kappa shape index (κ3) is 4.57. The lowest BCUT2D eigenvalue weighted by Gasteiger charge is -2.12. The van der Waals surface area contributed by atoms with Crippen molar-refractivity contribution in [3.05, 3.63) is 88.4 Å². The number of alkyl halides is 3. The maximum absolute atomic E-state index is 12.8. The second kappa shape index (κ2) is 7.97. The summed E-state index contributed by atoms with van der Waals surface area (Å²) in [6.07, 6.45) is -4.45. The Bertz CT molecular complexity index is 1080.